The van der Waals surface area contributed by atoms with Crippen molar-refractivity contribution in [2.24, 2.45) is 5.92 Å². The van der Waals surface area contributed by atoms with Crippen LogP contribution in [0.15, 0.2) is 30.3 Å². The summed E-state index contributed by atoms with van der Waals surface area (Å²) in [5.74, 6) is -0.205. The molecule has 3 heteroatoms. The van der Waals surface area contributed by atoms with Crippen molar-refractivity contribution in [2.45, 2.75) is 12.8 Å². The molecule has 1 aliphatic carbocycles. The van der Waals surface area contributed by atoms with Gasteiger partial charge < -0.3 is 4.74 Å². The molecule has 2 rings (SSSR count). The zero-order valence-corrected chi connectivity index (χ0v) is 8.31. The maximum atomic E-state index is 11.5. The van der Waals surface area contributed by atoms with Gasteiger partial charge in [-0.15, -0.1) is 0 Å². The van der Waals surface area contributed by atoms with E-state index in [1.54, 1.807) is 24.3 Å². The van der Waals surface area contributed by atoms with Crippen molar-refractivity contribution in [1.29, 1.82) is 0 Å². The van der Waals surface area contributed by atoms with Crippen LogP contribution < -0.4 is 0 Å². The first kappa shape index (κ1) is 9.90. The third kappa shape index (κ3) is 2.24. The highest BCUT2D eigenvalue weighted by atomic mass is 16.5. The van der Waals surface area contributed by atoms with Crippen LogP contribution in [0.3, 0.4) is 0 Å². The molecule has 0 saturated heterocycles. The van der Waals surface area contributed by atoms with Crippen molar-refractivity contribution in [2.75, 3.05) is 6.61 Å². The minimum atomic E-state index is -0.352. The Bertz CT molecular complexity index is 370. The molecule has 1 atom stereocenters. The Morgan fingerprint density at radius 2 is 2.07 bits per heavy atom. The molecule has 0 bridgehead atoms. The molecular formula is C12H12O3. The second kappa shape index (κ2) is 4.26. The fourth-order valence-corrected chi connectivity index (χ4v) is 1.48. The monoisotopic (exact) mass is 204 g/mol. The molecule has 1 aliphatic rings. The number of benzene rings is 1. The fourth-order valence-electron chi connectivity index (χ4n) is 1.48. The van der Waals surface area contributed by atoms with E-state index in [4.69, 9.17) is 4.74 Å². The van der Waals surface area contributed by atoms with Crippen LogP contribution in [0.25, 0.3) is 0 Å². The van der Waals surface area contributed by atoms with Crippen molar-refractivity contribution in [1.82, 2.24) is 0 Å². The summed E-state index contributed by atoms with van der Waals surface area (Å²) in [5.41, 5.74) is 0.532. The van der Waals surface area contributed by atoms with E-state index in [0.717, 1.165) is 6.42 Å². The van der Waals surface area contributed by atoms with E-state index >= 15 is 0 Å². The lowest BCUT2D eigenvalue weighted by atomic mass is 9.85. The summed E-state index contributed by atoms with van der Waals surface area (Å²) in [4.78, 5) is 22.5. The minimum absolute atomic E-state index is 0.0577. The van der Waals surface area contributed by atoms with Gasteiger partial charge >= 0.3 is 5.97 Å². The van der Waals surface area contributed by atoms with E-state index in [9.17, 15) is 9.59 Å². The first-order valence-corrected chi connectivity index (χ1v) is 5.02. The zero-order valence-electron chi connectivity index (χ0n) is 8.31. The van der Waals surface area contributed by atoms with E-state index < -0.39 is 0 Å². The van der Waals surface area contributed by atoms with Gasteiger partial charge in [-0.25, -0.2) is 4.79 Å². The second-order valence-corrected chi connectivity index (χ2v) is 3.67. The number of carbonyl (C=O) groups excluding carboxylic acids is 2. The molecule has 3 nitrogen and oxygen atoms in total. The van der Waals surface area contributed by atoms with Gasteiger partial charge in [-0.1, -0.05) is 18.2 Å². The lowest BCUT2D eigenvalue weighted by Gasteiger charge is -2.22. The summed E-state index contributed by atoms with van der Waals surface area (Å²) in [5, 5.41) is 0. The number of Topliss-reactive ketones (excluding diaryl/α,β-unsaturated/α-hetero) is 1. The van der Waals surface area contributed by atoms with Crippen LogP contribution in [0.5, 0.6) is 0 Å². The Morgan fingerprint density at radius 3 is 2.60 bits per heavy atom. The Labute approximate surface area is 88.1 Å². The van der Waals surface area contributed by atoms with Gasteiger partial charge in [-0.05, 0) is 18.6 Å². The van der Waals surface area contributed by atoms with Crippen molar-refractivity contribution in [3.05, 3.63) is 35.9 Å². The topological polar surface area (TPSA) is 43.4 Å². The Morgan fingerprint density at radius 1 is 1.33 bits per heavy atom. The van der Waals surface area contributed by atoms with Crippen LogP contribution in [0.4, 0.5) is 0 Å². The molecular weight excluding hydrogens is 192 g/mol. The molecule has 0 heterocycles. The lowest BCUT2D eigenvalue weighted by Crippen LogP contribution is -2.30. The predicted octanol–water partition coefficient (Wildman–Crippen LogP) is 1.82. The summed E-state index contributed by atoms with van der Waals surface area (Å²) in [6, 6.07) is 8.80. The average Bonchev–Trinajstić information content (AvgIpc) is 2.28. The number of ketones is 1. The average molecular weight is 204 g/mol. The van der Waals surface area contributed by atoms with Crippen LogP contribution in [-0.2, 0) is 9.53 Å². The highest BCUT2D eigenvalue weighted by Gasteiger charge is 2.29. The quantitative estimate of drug-likeness (QED) is 0.705. The van der Waals surface area contributed by atoms with Crippen LogP contribution in [0.2, 0.25) is 0 Å². The Balaban J connectivity index is 1.85. The third-order valence-electron chi connectivity index (χ3n) is 2.62. The van der Waals surface area contributed by atoms with Crippen molar-refractivity contribution in [3.63, 3.8) is 0 Å². The molecule has 0 N–H and O–H groups in total. The van der Waals surface area contributed by atoms with Gasteiger partial charge in [0.25, 0.3) is 0 Å². The van der Waals surface area contributed by atoms with Gasteiger partial charge in [0.1, 0.15) is 12.4 Å². The van der Waals surface area contributed by atoms with Crippen LogP contribution in [0, 0.1) is 5.92 Å². The number of hydrogen-bond donors (Lipinski definition) is 0. The molecule has 78 valence electrons. The van der Waals surface area contributed by atoms with Gasteiger partial charge in [-0.2, -0.15) is 0 Å². The molecule has 0 spiro atoms. The smallest absolute Gasteiger partial charge is 0.338 e. The molecule has 0 amide bonds. The molecule has 0 aromatic heterocycles. The largest absolute Gasteiger partial charge is 0.461 e. The number of rotatable bonds is 3. The van der Waals surface area contributed by atoms with Gasteiger partial charge in [0.05, 0.1) is 11.5 Å². The standard InChI is InChI=1S/C12H12O3/c13-11-7-6-10(11)8-15-12(14)9-4-2-1-3-5-9/h1-5,10H,6-8H2/t10-/m0/s1. The molecule has 1 saturated carbocycles. The van der Waals surface area contributed by atoms with Gasteiger partial charge in [0, 0.05) is 6.42 Å². The maximum absolute atomic E-state index is 11.5. The molecule has 1 aromatic rings. The summed E-state index contributed by atoms with van der Waals surface area (Å²) < 4.78 is 5.04. The molecule has 0 radical (unpaired) electrons. The number of esters is 1. The number of hydrogen-bond acceptors (Lipinski definition) is 3. The summed E-state index contributed by atoms with van der Waals surface area (Å²) >= 11 is 0. The number of ether oxygens (including phenoxy) is 1. The van der Waals surface area contributed by atoms with Crippen LogP contribution in [-0.4, -0.2) is 18.4 Å². The maximum Gasteiger partial charge on any atom is 0.338 e. The van der Waals surface area contributed by atoms with Gasteiger partial charge in [-0.3, -0.25) is 4.79 Å². The summed E-state index contributed by atoms with van der Waals surface area (Å²) in [6.45, 7) is 0.229. The van der Waals surface area contributed by atoms with Crippen LogP contribution in [0.1, 0.15) is 23.2 Å². The first-order chi connectivity index (χ1) is 7.27. The van der Waals surface area contributed by atoms with Gasteiger partial charge in [0.2, 0.25) is 0 Å². The molecule has 15 heavy (non-hydrogen) atoms. The van der Waals surface area contributed by atoms with Crippen molar-refractivity contribution < 1.29 is 14.3 Å². The minimum Gasteiger partial charge on any atom is -0.461 e. The van der Waals surface area contributed by atoms with Crippen LogP contribution >= 0.6 is 0 Å². The Kier molecular flexibility index (Phi) is 2.81. The predicted molar refractivity (Wildman–Crippen MR) is 54.5 cm³/mol. The van der Waals surface area contributed by atoms with Crippen molar-refractivity contribution >= 4 is 11.8 Å². The van der Waals surface area contributed by atoms with E-state index in [-0.39, 0.29) is 24.3 Å². The third-order valence-corrected chi connectivity index (χ3v) is 2.62. The second-order valence-electron chi connectivity index (χ2n) is 3.67. The normalized spacial score (nSPS) is 19.5. The van der Waals surface area contributed by atoms with Crippen molar-refractivity contribution in [3.8, 4) is 0 Å². The molecule has 0 aliphatic heterocycles. The molecule has 1 aromatic carbocycles. The van der Waals surface area contributed by atoms with Gasteiger partial charge in [0.15, 0.2) is 0 Å². The van der Waals surface area contributed by atoms with E-state index in [1.807, 2.05) is 6.07 Å². The molecule has 1 fully saturated rings. The summed E-state index contributed by atoms with van der Waals surface area (Å²) in [6.07, 6.45) is 1.48. The fraction of sp³-hybridized carbons (Fsp3) is 0.333. The molecule has 0 unspecified atom stereocenters. The Hall–Kier alpha value is -1.64. The first-order valence-electron chi connectivity index (χ1n) is 5.02. The highest BCUT2D eigenvalue weighted by molar-refractivity contribution is 5.90. The highest BCUT2D eigenvalue weighted by Crippen LogP contribution is 2.22. The van der Waals surface area contributed by atoms with E-state index in [2.05, 4.69) is 0 Å². The van der Waals surface area contributed by atoms with E-state index in [0.29, 0.717) is 12.0 Å². The SMILES string of the molecule is O=C(OC[C@@H]1CCC1=O)c1ccccc1. The lowest BCUT2D eigenvalue weighted by molar-refractivity contribution is -0.130. The number of carbonyl (C=O) groups is 2. The summed E-state index contributed by atoms with van der Waals surface area (Å²) in [7, 11) is 0. The zero-order chi connectivity index (χ0) is 10.7. The van der Waals surface area contributed by atoms with E-state index in [1.165, 1.54) is 0 Å².